The van der Waals surface area contributed by atoms with Crippen LogP contribution in [-0.2, 0) is 14.3 Å². The van der Waals surface area contributed by atoms with Crippen LogP contribution in [0.5, 0.6) is 0 Å². The van der Waals surface area contributed by atoms with Crippen molar-refractivity contribution < 1.29 is 14.3 Å². The first kappa shape index (κ1) is 14.0. The highest BCUT2D eigenvalue weighted by molar-refractivity contribution is 5.95. The number of nitrogens with one attached hydrogen (secondary N) is 2. The van der Waals surface area contributed by atoms with Gasteiger partial charge in [-0.15, -0.1) is 0 Å². The molecule has 0 radical (unpaired) electrons. The van der Waals surface area contributed by atoms with Gasteiger partial charge in [0.05, 0.1) is 19.8 Å². The van der Waals surface area contributed by atoms with E-state index in [1.54, 1.807) is 5.01 Å². The molecule has 1 atom stereocenters. The molecule has 2 N–H and O–H groups in total. The van der Waals surface area contributed by atoms with E-state index in [-0.39, 0.29) is 17.7 Å². The molecule has 112 valence electrons. The summed E-state index contributed by atoms with van der Waals surface area (Å²) in [7, 11) is 0. The third kappa shape index (κ3) is 3.22. The zero-order valence-electron chi connectivity index (χ0n) is 11.8. The SMILES string of the molecule is O=C1CC(CC(=O)N2CCOCCN2)c2ccccc2N1. The van der Waals surface area contributed by atoms with E-state index >= 15 is 0 Å². The van der Waals surface area contributed by atoms with Crippen LogP contribution in [0.3, 0.4) is 0 Å². The number of ether oxygens (including phenoxy) is 1. The van der Waals surface area contributed by atoms with E-state index in [9.17, 15) is 9.59 Å². The zero-order chi connectivity index (χ0) is 14.7. The second-order valence-corrected chi connectivity index (χ2v) is 5.31. The molecule has 2 amide bonds. The molecule has 21 heavy (non-hydrogen) atoms. The lowest BCUT2D eigenvalue weighted by Gasteiger charge is -2.27. The summed E-state index contributed by atoms with van der Waals surface area (Å²) in [5.74, 6) is -0.0814. The van der Waals surface area contributed by atoms with Crippen molar-refractivity contribution in [2.45, 2.75) is 18.8 Å². The van der Waals surface area contributed by atoms with Crippen molar-refractivity contribution in [3.63, 3.8) is 0 Å². The number of hydrazine groups is 1. The number of nitrogens with zero attached hydrogens (tertiary/aromatic N) is 1. The average Bonchev–Trinajstić information content (AvgIpc) is 2.76. The normalized spacial score (nSPS) is 22.2. The van der Waals surface area contributed by atoms with E-state index in [1.165, 1.54) is 0 Å². The van der Waals surface area contributed by atoms with Gasteiger partial charge in [-0.25, -0.2) is 5.43 Å². The van der Waals surface area contributed by atoms with Crippen LogP contribution in [0.1, 0.15) is 24.3 Å². The second-order valence-electron chi connectivity index (χ2n) is 5.31. The molecule has 0 bridgehead atoms. The summed E-state index contributed by atoms with van der Waals surface area (Å²) in [6.07, 6.45) is 0.685. The highest BCUT2D eigenvalue weighted by Crippen LogP contribution is 2.34. The van der Waals surface area contributed by atoms with Crippen molar-refractivity contribution in [2.24, 2.45) is 0 Å². The van der Waals surface area contributed by atoms with Gasteiger partial charge in [-0.2, -0.15) is 0 Å². The predicted octanol–water partition coefficient (Wildman–Crippen LogP) is 0.866. The molecule has 2 heterocycles. The molecular weight excluding hydrogens is 270 g/mol. The molecule has 0 aromatic heterocycles. The lowest BCUT2D eigenvalue weighted by atomic mass is 9.87. The van der Waals surface area contributed by atoms with E-state index in [0.717, 1.165) is 11.3 Å². The molecule has 0 aliphatic carbocycles. The van der Waals surface area contributed by atoms with Crippen LogP contribution in [0.4, 0.5) is 5.69 Å². The molecule has 1 aromatic rings. The number of rotatable bonds is 2. The molecule has 0 saturated carbocycles. The van der Waals surface area contributed by atoms with E-state index in [2.05, 4.69) is 10.7 Å². The third-order valence-corrected chi connectivity index (χ3v) is 3.84. The highest BCUT2D eigenvalue weighted by Gasteiger charge is 2.28. The highest BCUT2D eigenvalue weighted by atomic mass is 16.5. The summed E-state index contributed by atoms with van der Waals surface area (Å²) < 4.78 is 5.32. The topological polar surface area (TPSA) is 70.7 Å². The summed E-state index contributed by atoms with van der Waals surface area (Å²) in [5, 5.41) is 4.47. The standard InChI is InChI=1S/C15H19N3O3/c19-14-9-11(12-3-1-2-4-13(12)17-14)10-15(20)18-6-8-21-7-5-16-18/h1-4,11,16H,5-10H2,(H,17,19). The largest absolute Gasteiger partial charge is 0.378 e. The first-order valence-corrected chi connectivity index (χ1v) is 7.24. The first-order chi connectivity index (χ1) is 10.2. The van der Waals surface area contributed by atoms with E-state index in [0.29, 0.717) is 39.1 Å². The number of amides is 2. The number of carbonyl (C=O) groups is 2. The van der Waals surface area contributed by atoms with Crippen LogP contribution in [0.15, 0.2) is 24.3 Å². The van der Waals surface area contributed by atoms with Gasteiger partial charge in [-0.3, -0.25) is 14.6 Å². The molecule has 2 aliphatic heterocycles. The van der Waals surface area contributed by atoms with Crippen molar-refractivity contribution >= 4 is 17.5 Å². The van der Waals surface area contributed by atoms with Crippen molar-refractivity contribution in [1.29, 1.82) is 0 Å². The van der Waals surface area contributed by atoms with Crippen LogP contribution in [0, 0.1) is 0 Å². The van der Waals surface area contributed by atoms with Gasteiger partial charge in [0.15, 0.2) is 0 Å². The van der Waals surface area contributed by atoms with E-state index in [1.807, 2.05) is 24.3 Å². The lowest BCUT2D eigenvalue weighted by molar-refractivity contribution is -0.134. The minimum absolute atomic E-state index is 0.00926. The fourth-order valence-electron chi connectivity index (χ4n) is 2.81. The maximum absolute atomic E-state index is 12.4. The van der Waals surface area contributed by atoms with Gasteiger partial charge in [-0.1, -0.05) is 18.2 Å². The Bertz CT molecular complexity index is 539. The molecule has 1 fully saturated rings. The van der Waals surface area contributed by atoms with Crippen LogP contribution < -0.4 is 10.7 Å². The van der Waals surface area contributed by atoms with Crippen molar-refractivity contribution in [3.05, 3.63) is 29.8 Å². The summed E-state index contributed by atoms with van der Waals surface area (Å²) in [5.41, 5.74) is 4.92. The minimum Gasteiger partial charge on any atom is -0.378 e. The molecule has 6 heteroatoms. The number of hydrogen-bond acceptors (Lipinski definition) is 4. The second kappa shape index (κ2) is 6.24. The van der Waals surface area contributed by atoms with Crippen LogP contribution >= 0.6 is 0 Å². The van der Waals surface area contributed by atoms with Crippen LogP contribution in [0.25, 0.3) is 0 Å². The minimum atomic E-state index is -0.0616. The Hall–Kier alpha value is -1.92. The van der Waals surface area contributed by atoms with Gasteiger partial charge in [0.1, 0.15) is 0 Å². The van der Waals surface area contributed by atoms with Gasteiger partial charge in [-0.05, 0) is 11.6 Å². The van der Waals surface area contributed by atoms with Crippen molar-refractivity contribution in [1.82, 2.24) is 10.4 Å². The fourth-order valence-corrected chi connectivity index (χ4v) is 2.81. The van der Waals surface area contributed by atoms with Gasteiger partial charge in [0, 0.05) is 31.0 Å². The summed E-state index contributed by atoms with van der Waals surface area (Å²) >= 11 is 0. The van der Waals surface area contributed by atoms with Gasteiger partial charge < -0.3 is 10.1 Å². The quantitative estimate of drug-likeness (QED) is 0.847. The van der Waals surface area contributed by atoms with E-state index in [4.69, 9.17) is 4.74 Å². The number of hydrogen-bond donors (Lipinski definition) is 2. The molecule has 1 saturated heterocycles. The molecule has 1 aromatic carbocycles. The molecule has 3 rings (SSSR count). The van der Waals surface area contributed by atoms with Gasteiger partial charge >= 0.3 is 0 Å². The maximum Gasteiger partial charge on any atom is 0.237 e. The number of fused-ring (bicyclic) bond motifs is 1. The Morgan fingerprint density at radius 3 is 3.10 bits per heavy atom. The summed E-state index contributed by atoms with van der Waals surface area (Å²) in [6, 6.07) is 7.68. The average molecular weight is 289 g/mol. The number of anilines is 1. The Kier molecular flexibility index (Phi) is 4.17. The van der Waals surface area contributed by atoms with Crippen molar-refractivity contribution in [2.75, 3.05) is 31.6 Å². The first-order valence-electron chi connectivity index (χ1n) is 7.24. The summed E-state index contributed by atoms with van der Waals surface area (Å²) in [4.78, 5) is 24.2. The maximum atomic E-state index is 12.4. The predicted molar refractivity (Wildman–Crippen MR) is 77.6 cm³/mol. The smallest absolute Gasteiger partial charge is 0.237 e. The van der Waals surface area contributed by atoms with E-state index < -0.39 is 0 Å². The fraction of sp³-hybridized carbons (Fsp3) is 0.467. The summed E-state index contributed by atoms with van der Waals surface area (Å²) in [6.45, 7) is 2.33. The molecule has 6 nitrogen and oxygen atoms in total. The lowest BCUT2D eigenvalue weighted by Crippen LogP contribution is -2.44. The van der Waals surface area contributed by atoms with Crippen molar-refractivity contribution in [3.8, 4) is 0 Å². The monoisotopic (exact) mass is 289 g/mol. The molecule has 1 unspecified atom stereocenters. The third-order valence-electron chi connectivity index (χ3n) is 3.84. The number of benzene rings is 1. The Balaban J connectivity index is 1.72. The molecule has 2 aliphatic rings. The van der Waals surface area contributed by atoms with Crippen LogP contribution in [-0.4, -0.2) is 43.1 Å². The molecular formula is C15H19N3O3. The number of carbonyl (C=O) groups excluding carboxylic acids is 2. The Labute approximate surface area is 123 Å². The zero-order valence-corrected chi connectivity index (χ0v) is 11.8. The van der Waals surface area contributed by atoms with Crippen LogP contribution in [0.2, 0.25) is 0 Å². The Morgan fingerprint density at radius 1 is 1.33 bits per heavy atom. The number of para-hydroxylation sites is 1. The molecule has 0 spiro atoms. The van der Waals surface area contributed by atoms with Gasteiger partial charge in [0.2, 0.25) is 11.8 Å². The Morgan fingerprint density at radius 2 is 2.19 bits per heavy atom. The van der Waals surface area contributed by atoms with Gasteiger partial charge in [0.25, 0.3) is 0 Å².